The first kappa shape index (κ1) is 19.3. The van der Waals surface area contributed by atoms with E-state index in [1.54, 1.807) is 7.11 Å². The summed E-state index contributed by atoms with van der Waals surface area (Å²) in [5, 5.41) is 4.07. The standard InChI is InChI=1S/C23H24ClNO2/c1-17-8-10-19(11-9-17)16-27-23-13-21(24)20(12-22(23)26-2)15-25-14-18-6-4-3-5-7-18/h3-13,25H,14-16H2,1-2H3. The molecule has 3 aromatic rings. The molecule has 0 bridgehead atoms. The summed E-state index contributed by atoms with van der Waals surface area (Å²) >= 11 is 6.47. The summed E-state index contributed by atoms with van der Waals surface area (Å²) in [5.41, 5.74) is 4.55. The average Bonchev–Trinajstić information content (AvgIpc) is 2.69. The van der Waals surface area contributed by atoms with Crippen LogP contribution < -0.4 is 14.8 Å². The van der Waals surface area contributed by atoms with Crippen LogP contribution in [0.2, 0.25) is 5.02 Å². The fourth-order valence-electron chi connectivity index (χ4n) is 2.77. The molecule has 1 N–H and O–H groups in total. The number of hydrogen-bond acceptors (Lipinski definition) is 3. The smallest absolute Gasteiger partial charge is 0.163 e. The highest BCUT2D eigenvalue weighted by Crippen LogP contribution is 2.34. The zero-order valence-corrected chi connectivity index (χ0v) is 16.4. The van der Waals surface area contributed by atoms with Gasteiger partial charge in [-0.25, -0.2) is 0 Å². The number of ether oxygens (including phenoxy) is 2. The lowest BCUT2D eigenvalue weighted by atomic mass is 10.1. The molecule has 3 aromatic carbocycles. The molecule has 0 fully saturated rings. The van der Waals surface area contributed by atoms with Gasteiger partial charge in [-0.15, -0.1) is 0 Å². The van der Waals surface area contributed by atoms with Gasteiger partial charge < -0.3 is 14.8 Å². The molecular weight excluding hydrogens is 358 g/mol. The summed E-state index contributed by atoms with van der Waals surface area (Å²) in [7, 11) is 1.64. The number of hydrogen-bond donors (Lipinski definition) is 1. The summed E-state index contributed by atoms with van der Waals surface area (Å²) in [4.78, 5) is 0. The highest BCUT2D eigenvalue weighted by atomic mass is 35.5. The van der Waals surface area contributed by atoms with Crippen molar-refractivity contribution in [2.75, 3.05) is 7.11 Å². The number of methoxy groups -OCH3 is 1. The third-order valence-electron chi connectivity index (χ3n) is 4.34. The van der Waals surface area contributed by atoms with E-state index in [0.29, 0.717) is 29.7 Å². The Morgan fingerprint density at radius 1 is 0.852 bits per heavy atom. The van der Waals surface area contributed by atoms with Crippen molar-refractivity contribution in [3.05, 3.63) is 94.0 Å². The second-order valence-corrected chi connectivity index (χ2v) is 6.87. The fraction of sp³-hybridized carbons (Fsp3) is 0.217. The summed E-state index contributed by atoms with van der Waals surface area (Å²) in [6, 6.07) is 22.3. The first-order valence-corrected chi connectivity index (χ1v) is 9.33. The van der Waals surface area contributed by atoms with E-state index in [2.05, 4.69) is 48.6 Å². The largest absolute Gasteiger partial charge is 0.493 e. The molecule has 3 nitrogen and oxygen atoms in total. The van der Waals surface area contributed by atoms with E-state index in [-0.39, 0.29) is 0 Å². The molecule has 0 aliphatic rings. The number of halogens is 1. The average molecular weight is 382 g/mol. The van der Waals surface area contributed by atoms with Crippen molar-refractivity contribution in [3.63, 3.8) is 0 Å². The lowest BCUT2D eigenvalue weighted by molar-refractivity contribution is 0.284. The van der Waals surface area contributed by atoms with Crippen molar-refractivity contribution in [2.45, 2.75) is 26.6 Å². The molecule has 0 radical (unpaired) electrons. The zero-order chi connectivity index (χ0) is 19.1. The van der Waals surface area contributed by atoms with Gasteiger partial charge in [0, 0.05) is 24.2 Å². The minimum Gasteiger partial charge on any atom is -0.493 e. The van der Waals surface area contributed by atoms with Crippen LogP contribution in [0.4, 0.5) is 0 Å². The Balaban J connectivity index is 1.64. The van der Waals surface area contributed by atoms with Crippen LogP contribution in [0, 0.1) is 6.92 Å². The van der Waals surface area contributed by atoms with E-state index < -0.39 is 0 Å². The summed E-state index contributed by atoms with van der Waals surface area (Å²) in [6.07, 6.45) is 0. The molecule has 0 aromatic heterocycles. The SMILES string of the molecule is COc1cc(CNCc2ccccc2)c(Cl)cc1OCc1ccc(C)cc1. The highest BCUT2D eigenvalue weighted by Gasteiger charge is 2.11. The van der Waals surface area contributed by atoms with Crippen LogP contribution in [0.5, 0.6) is 11.5 Å². The van der Waals surface area contributed by atoms with Crippen molar-refractivity contribution in [1.29, 1.82) is 0 Å². The Hall–Kier alpha value is -2.49. The van der Waals surface area contributed by atoms with Crippen molar-refractivity contribution in [3.8, 4) is 11.5 Å². The van der Waals surface area contributed by atoms with Crippen molar-refractivity contribution in [1.82, 2.24) is 5.32 Å². The monoisotopic (exact) mass is 381 g/mol. The predicted molar refractivity (Wildman–Crippen MR) is 111 cm³/mol. The molecule has 0 atom stereocenters. The van der Waals surface area contributed by atoms with Crippen molar-refractivity contribution in [2.24, 2.45) is 0 Å². The second kappa shape index (κ2) is 9.45. The van der Waals surface area contributed by atoms with Crippen LogP contribution >= 0.6 is 11.6 Å². The Kier molecular flexibility index (Phi) is 6.74. The summed E-state index contributed by atoms with van der Waals surface area (Å²) < 4.78 is 11.4. The minimum atomic E-state index is 0.471. The normalized spacial score (nSPS) is 10.6. The molecule has 0 aliphatic carbocycles. The van der Waals surface area contributed by atoms with Crippen LogP contribution in [0.3, 0.4) is 0 Å². The Morgan fingerprint density at radius 3 is 2.30 bits per heavy atom. The molecule has 0 heterocycles. The van der Waals surface area contributed by atoms with Crippen LogP contribution in [-0.4, -0.2) is 7.11 Å². The van der Waals surface area contributed by atoms with E-state index in [4.69, 9.17) is 21.1 Å². The molecule has 0 unspecified atom stereocenters. The Morgan fingerprint density at radius 2 is 1.59 bits per heavy atom. The van der Waals surface area contributed by atoms with Gasteiger partial charge in [-0.3, -0.25) is 0 Å². The highest BCUT2D eigenvalue weighted by molar-refractivity contribution is 6.31. The zero-order valence-electron chi connectivity index (χ0n) is 15.7. The third kappa shape index (κ3) is 5.49. The number of aryl methyl sites for hydroxylation is 1. The topological polar surface area (TPSA) is 30.5 Å². The number of rotatable bonds is 8. The lowest BCUT2D eigenvalue weighted by Crippen LogP contribution is -2.13. The van der Waals surface area contributed by atoms with Gasteiger partial charge in [0.1, 0.15) is 6.61 Å². The Bertz CT molecular complexity index is 864. The van der Waals surface area contributed by atoms with Gasteiger partial charge in [0.25, 0.3) is 0 Å². The maximum Gasteiger partial charge on any atom is 0.163 e. The van der Waals surface area contributed by atoms with Gasteiger partial charge in [-0.1, -0.05) is 71.8 Å². The number of benzene rings is 3. The van der Waals surface area contributed by atoms with Crippen LogP contribution in [0.25, 0.3) is 0 Å². The molecular formula is C23H24ClNO2. The summed E-state index contributed by atoms with van der Waals surface area (Å²) in [6.45, 7) is 3.98. The minimum absolute atomic E-state index is 0.471. The molecule has 4 heteroatoms. The first-order chi connectivity index (χ1) is 13.2. The van der Waals surface area contributed by atoms with Gasteiger partial charge in [0.05, 0.1) is 7.11 Å². The molecule has 27 heavy (non-hydrogen) atoms. The van der Waals surface area contributed by atoms with Crippen LogP contribution in [0.15, 0.2) is 66.7 Å². The maximum absolute atomic E-state index is 6.47. The van der Waals surface area contributed by atoms with Gasteiger partial charge in [-0.05, 0) is 29.7 Å². The van der Waals surface area contributed by atoms with E-state index in [9.17, 15) is 0 Å². The van der Waals surface area contributed by atoms with Crippen LogP contribution in [0.1, 0.15) is 22.3 Å². The third-order valence-corrected chi connectivity index (χ3v) is 4.69. The van der Waals surface area contributed by atoms with Gasteiger partial charge in [-0.2, -0.15) is 0 Å². The fourth-order valence-corrected chi connectivity index (χ4v) is 2.99. The van der Waals surface area contributed by atoms with Crippen molar-refractivity contribution < 1.29 is 9.47 Å². The van der Waals surface area contributed by atoms with Crippen LogP contribution in [-0.2, 0) is 19.7 Å². The van der Waals surface area contributed by atoms with Gasteiger partial charge in [0.2, 0.25) is 0 Å². The molecule has 0 spiro atoms. The number of nitrogens with one attached hydrogen (secondary N) is 1. The van der Waals surface area contributed by atoms with E-state index in [1.807, 2.05) is 30.3 Å². The molecule has 0 saturated carbocycles. The van der Waals surface area contributed by atoms with Gasteiger partial charge in [0.15, 0.2) is 11.5 Å². The van der Waals surface area contributed by atoms with Crippen molar-refractivity contribution >= 4 is 11.6 Å². The first-order valence-electron chi connectivity index (χ1n) is 8.95. The predicted octanol–water partition coefficient (Wildman–Crippen LogP) is 5.53. The molecule has 3 rings (SSSR count). The molecule has 0 saturated heterocycles. The Labute approximate surface area is 165 Å². The van der Waals surface area contributed by atoms with Gasteiger partial charge >= 0.3 is 0 Å². The van der Waals surface area contributed by atoms with E-state index in [1.165, 1.54) is 11.1 Å². The van der Waals surface area contributed by atoms with E-state index in [0.717, 1.165) is 17.7 Å². The summed E-state index contributed by atoms with van der Waals surface area (Å²) in [5.74, 6) is 1.33. The molecule has 0 aliphatic heterocycles. The molecule has 0 amide bonds. The lowest BCUT2D eigenvalue weighted by Gasteiger charge is -2.14. The van der Waals surface area contributed by atoms with E-state index >= 15 is 0 Å². The second-order valence-electron chi connectivity index (χ2n) is 6.46. The molecule has 140 valence electrons. The quantitative estimate of drug-likeness (QED) is 0.556. The maximum atomic E-state index is 6.47.